The summed E-state index contributed by atoms with van der Waals surface area (Å²) in [6.07, 6.45) is 1.08. The summed E-state index contributed by atoms with van der Waals surface area (Å²) in [5.74, 6) is 2.06. The number of rotatable bonds is 5. The molecule has 0 spiro atoms. The van der Waals surface area contributed by atoms with Crippen LogP contribution in [0.1, 0.15) is 29.6 Å². The molecule has 2 heterocycles. The Bertz CT molecular complexity index is 770. The van der Waals surface area contributed by atoms with Crippen LogP contribution in [-0.2, 0) is 11.2 Å². The summed E-state index contributed by atoms with van der Waals surface area (Å²) in [6.45, 7) is 3.05. The zero-order valence-corrected chi connectivity index (χ0v) is 14.4. The highest BCUT2D eigenvalue weighted by molar-refractivity contribution is 5.94. The van der Waals surface area contributed by atoms with E-state index in [1.807, 2.05) is 18.2 Å². The molecular weight excluding hydrogens is 320 g/mol. The maximum atomic E-state index is 11.9. The van der Waals surface area contributed by atoms with Gasteiger partial charge >= 0.3 is 0 Å². The molecule has 0 aliphatic carbocycles. The standard InChI is InChI=1S/C17H22N6O2/c1-11-21-16(25-23-11)7-8-19-17(18-2)20-10-12-9-15(24)22-14-6-4-3-5-13(12)14/h3-6,12H,7-10H2,1-2H3,(H,22,24)(H2,18,19,20). The van der Waals surface area contributed by atoms with Crippen LogP contribution in [0.2, 0.25) is 0 Å². The van der Waals surface area contributed by atoms with Crippen LogP contribution in [0.15, 0.2) is 33.8 Å². The van der Waals surface area contributed by atoms with Gasteiger partial charge in [-0.1, -0.05) is 23.4 Å². The van der Waals surface area contributed by atoms with Crippen molar-refractivity contribution in [3.8, 4) is 0 Å². The average Bonchev–Trinajstić information content (AvgIpc) is 3.02. The predicted molar refractivity (Wildman–Crippen MR) is 94.5 cm³/mol. The number of carbonyl (C=O) groups is 1. The van der Waals surface area contributed by atoms with Gasteiger partial charge in [0.15, 0.2) is 11.8 Å². The number of nitrogens with zero attached hydrogens (tertiary/aromatic N) is 3. The number of aryl methyl sites for hydroxylation is 1. The minimum atomic E-state index is 0.0419. The second kappa shape index (κ2) is 7.78. The maximum Gasteiger partial charge on any atom is 0.228 e. The molecule has 1 aliphatic heterocycles. The maximum absolute atomic E-state index is 11.9. The van der Waals surface area contributed by atoms with Crippen LogP contribution in [0.4, 0.5) is 5.69 Å². The lowest BCUT2D eigenvalue weighted by Gasteiger charge is -2.26. The number of amides is 1. The van der Waals surface area contributed by atoms with Gasteiger partial charge in [-0.3, -0.25) is 9.79 Å². The Morgan fingerprint density at radius 3 is 3.00 bits per heavy atom. The van der Waals surface area contributed by atoms with Gasteiger partial charge in [-0.05, 0) is 18.6 Å². The first-order valence-corrected chi connectivity index (χ1v) is 8.28. The van der Waals surface area contributed by atoms with Crippen molar-refractivity contribution < 1.29 is 9.32 Å². The van der Waals surface area contributed by atoms with E-state index in [0.29, 0.717) is 43.6 Å². The van der Waals surface area contributed by atoms with Crippen LogP contribution < -0.4 is 16.0 Å². The second-order valence-electron chi connectivity index (χ2n) is 5.90. The first-order chi connectivity index (χ1) is 12.2. The monoisotopic (exact) mass is 342 g/mol. The molecule has 8 nitrogen and oxygen atoms in total. The number of fused-ring (bicyclic) bond motifs is 1. The number of hydrogen-bond acceptors (Lipinski definition) is 5. The normalized spacial score (nSPS) is 17.0. The summed E-state index contributed by atoms with van der Waals surface area (Å²) in [5.41, 5.74) is 2.03. The molecule has 0 radical (unpaired) electrons. The van der Waals surface area contributed by atoms with E-state index < -0.39 is 0 Å². The van der Waals surface area contributed by atoms with Crippen LogP contribution in [0.25, 0.3) is 0 Å². The molecule has 3 N–H and O–H groups in total. The number of benzene rings is 1. The number of guanidine groups is 1. The molecule has 0 saturated heterocycles. The largest absolute Gasteiger partial charge is 0.356 e. The molecule has 0 fully saturated rings. The Morgan fingerprint density at radius 2 is 2.24 bits per heavy atom. The van der Waals surface area contributed by atoms with Gasteiger partial charge < -0.3 is 20.5 Å². The molecule has 1 atom stereocenters. The predicted octanol–water partition coefficient (Wildman–Crippen LogP) is 1.21. The third kappa shape index (κ3) is 4.34. The summed E-state index contributed by atoms with van der Waals surface area (Å²) in [7, 11) is 1.72. The van der Waals surface area contributed by atoms with E-state index in [4.69, 9.17) is 4.52 Å². The number of carbonyl (C=O) groups excluding carboxylic acids is 1. The first-order valence-electron chi connectivity index (χ1n) is 8.28. The van der Waals surface area contributed by atoms with Crippen molar-refractivity contribution >= 4 is 17.6 Å². The minimum Gasteiger partial charge on any atom is -0.356 e. The van der Waals surface area contributed by atoms with Crippen molar-refractivity contribution in [2.45, 2.75) is 25.7 Å². The number of anilines is 1. The van der Waals surface area contributed by atoms with Gasteiger partial charge in [-0.25, -0.2) is 0 Å². The van der Waals surface area contributed by atoms with E-state index in [-0.39, 0.29) is 11.8 Å². The Kier molecular flexibility index (Phi) is 5.27. The summed E-state index contributed by atoms with van der Waals surface area (Å²) >= 11 is 0. The van der Waals surface area contributed by atoms with Gasteiger partial charge in [0.1, 0.15) is 0 Å². The van der Waals surface area contributed by atoms with E-state index in [1.54, 1.807) is 14.0 Å². The Hall–Kier alpha value is -2.90. The van der Waals surface area contributed by atoms with Crippen molar-refractivity contribution in [1.82, 2.24) is 20.8 Å². The SMILES string of the molecule is CN=C(NCCc1nc(C)no1)NCC1CC(=O)Nc2ccccc21. The second-order valence-corrected chi connectivity index (χ2v) is 5.90. The van der Waals surface area contributed by atoms with Crippen LogP contribution >= 0.6 is 0 Å². The highest BCUT2D eigenvalue weighted by Crippen LogP contribution is 2.31. The molecule has 1 aromatic carbocycles. The van der Waals surface area contributed by atoms with E-state index in [2.05, 4.69) is 37.1 Å². The third-order valence-electron chi connectivity index (χ3n) is 4.05. The lowest BCUT2D eigenvalue weighted by atomic mass is 9.90. The van der Waals surface area contributed by atoms with Gasteiger partial charge in [0.25, 0.3) is 0 Å². The Labute approximate surface area is 146 Å². The van der Waals surface area contributed by atoms with Crippen molar-refractivity contribution in [2.24, 2.45) is 4.99 Å². The van der Waals surface area contributed by atoms with Gasteiger partial charge in [0.2, 0.25) is 11.8 Å². The lowest BCUT2D eigenvalue weighted by molar-refractivity contribution is -0.116. The molecule has 3 rings (SSSR count). The zero-order chi connectivity index (χ0) is 17.6. The van der Waals surface area contributed by atoms with Crippen LogP contribution in [0.5, 0.6) is 0 Å². The van der Waals surface area contributed by atoms with Gasteiger partial charge in [-0.15, -0.1) is 0 Å². The molecule has 1 aliphatic rings. The quantitative estimate of drug-likeness (QED) is 0.557. The highest BCUT2D eigenvalue weighted by atomic mass is 16.5. The van der Waals surface area contributed by atoms with Crippen molar-refractivity contribution in [3.05, 3.63) is 41.5 Å². The van der Waals surface area contributed by atoms with Crippen molar-refractivity contribution in [2.75, 3.05) is 25.5 Å². The Morgan fingerprint density at radius 1 is 1.40 bits per heavy atom. The summed E-state index contributed by atoms with van der Waals surface area (Å²) in [5, 5.41) is 13.2. The van der Waals surface area contributed by atoms with E-state index in [0.717, 1.165) is 11.3 Å². The topological polar surface area (TPSA) is 104 Å². The number of aliphatic imine (C=N–C) groups is 1. The molecule has 2 aromatic rings. The van der Waals surface area contributed by atoms with Crippen molar-refractivity contribution in [1.29, 1.82) is 0 Å². The third-order valence-corrected chi connectivity index (χ3v) is 4.05. The molecule has 1 aromatic heterocycles. The minimum absolute atomic E-state index is 0.0419. The molecular formula is C17H22N6O2. The van der Waals surface area contributed by atoms with E-state index >= 15 is 0 Å². The van der Waals surface area contributed by atoms with Gasteiger partial charge in [-0.2, -0.15) is 4.98 Å². The molecule has 1 unspecified atom stereocenters. The number of hydrogen-bond donors (Lipinski definition) is 3. The number of nitrogens with one attached hydrogen (secondary N) is 3. The first kappa shape index (κ1) is 16.9. The van der Waals surface area contributed by atoms with E-state index in [1.165, 1.54) is 0 Å². The van der Waals surface area contributed by atoms with Crippen molar-refractivity contribution in [3.63, 3.8) is 0 Å². The number of para-hydroxylation sites is 1. The highest BCUT2D eigenvalue weighted by Gasteiger charge is 2.24. The van der Waals surface area contributed by atoms with Crippen LogP contribution in [0, 0.1) is 6.92 Å². The average molecular weight is 342 g/mol. The fraction of sp³-hybridized carbons (Fsp3) is 0.412. The molecule has 132 valence electrons. The molecule has 8 heteroatoms. The van der Waals surface area contributed by atoms with Crippen LogP contribution in [0.3, 0.4) is 0 Å². The Balaban J connectivity index is 1.52. The summed E-state index contributed by atoms with van der Waals surface area (Å²) in [6, 6.07) is 7.89. The van der Waals surface area contributed by atoms with Gasteiger partial charge in [0.05, 0.1) is 0 Å². The molecule has 1 amide bonds. The molecule has 0 saturated carbocycles. The smallest absolute Gasteiger partial charge is 0.228 e. The number of aromatic nitrogens is 2. The lowest BCUT2D eigenvalue weighted by Crippen LogP contribution is -2.41. The summed E-state index contributed by atoms with van der Waals surface area (Å²) < 4.78 is 5.08. The fourth-order valence-electron chi connectivity index (χ4n) is 2.85. The zero-order valence-electron chi connectivity index (χ0n) is 14.4. The van der Waals surface area contributed by atoms with E-state index in [9.17, 15) is 4.79 Å². The summed E-state index contributed by atoms with van der Waals surface area (Å²) in [4.78, 5) is 20.2. The van der Waals surface area contributed by atoms with Gasteiger partial charge in [0, 0.05) is 44.6 Å². The van der Waals surface area contributed by atoms with Crippen LogP contribution in [-0.4, -0.2) is 42.1 Å². The fourth-order valence-corrected chi connectivity index (χ4v) is 2.85. The molecule has 0 bridgehead atoms. The molecule has 25 heavy (non-hydrogen) atoms.